The molecule has 4 aromatic rings. The number of nitrogens with one attached hydrogen (secondary N) is 2. The number of H-pyrrole nitrogens is 1. The van der Waals surface area contributed by atoms with E-state index in [4.69, 9.17) is 0 Å². The van der Waals surface area contributed by atoms with E-state index in [1.807, 2.05) is 50.2 Å². The van der Waals surface area contributed by atoms with Crippen LogP contribution in [0.3, 0.4) is 0 Å². The molecule has 0 radical (unpaired) electrons. The van der Waals surface area contributed by atoms with Crippen molar-refractivity contribution in [2.45, 2.75) is 20.8 Å². The van der Waals surface area contributed by atoms with Gasteiger partial charge in [0.2, 0.25) is 0 Å². The highest BCUT2D eigenvalue weighted by Crippen LogP contribution is 2.22. The second-order valence-corrected chi connectivity index (χ2v) is 7.09. The number of carbonyl (C=O) groups excluding carboxylic acids is 1. The van der Waals surface area contributed by atoms with Crippen LogP contribution in [-0.4, -0.2) is 20.9 Å². The lowest BCUT2D eigenvalue weighted by Gasteiger charge is -2.10. The molecular weight excluding hydrogens is 364 g/mol. The second kappa shape index (κ2) is 7.31. The monoisotopic (exact) mass is 384 g/mol. The quantitative estimate of drug-likeness (QED) is 0.555. The van der Waals surface area contributed by atoms with Crippen LogP contribution in [0, 0.1) is 20.8 Å². The molecule has 144 valence electrons. The van der Waals surface area contributed by atoms with Crippen LogP contribution in [0.4, 0.5) is 5.69 Å². The van der Waals surface area contributed by atoms with E-state index >= 15 is 0 Å². The molecule has 1 amide bonds. The maximum Gasteiger partial charge on any atom is 0.257 e. The molecule has 6 heteroatoms. The number of fused-ring (bicyclic) bond motifs is 1. The minimum Gasteiger partial charge on any atom is -0.322 e. The highest BCUT2D eigenvalue weighted by molar-refractivity contribution is 6.07. The first kappa shape index (κ1) is 18.6. The minimum atomic E-state index is -0.235. The number of anilines is 1. The molecule has 0 saturated carbocycles. The lowest BCUT2D eigenvalue weighted by molar-refractivity contribution is 0.102. The summed E-state index contributed by atoms with van der Waals surface area (Å²) >= 11 is 0. The van der Waals surface area contributed by atoms with Gasteiger partial charge in [0.1, 0.15) is 5.82 Å². The van der Waals surface area contributed by atoms with Crippen molar-refractivity contribution >= 4 is 22.5 Å². The fraction of sp³-hybridized carbons (Fsp3) is 0.130. The highest BCUT2D eigenvalue weighted by Gasteiger charge is 2.13. The van der Waals surface area contributed by atoms with Gasteiger partial charge < -0.3 is 10.3 Å². The van der Waals surface area contributed by atoms with Crippen molar-refractivity contribution in [2.75, 3.05) is 5.32 Å². The van der Waals surface area contributed by atoms with Crippen molar-refractivity contribution in [1.29, 1.82) is 0 Å². The van der Waals surface area contributed by atoms with Crippen LogP contribution in [0.2, 0.25) is 0 Å². The number of rotatable bonds is 3. The van der Waals surface area contributed by atoms with Gasteiger partial charge >= 0.3 is 0 Å². The molecular formula is C23H20N4O2. The maximum atomic E-state index is 12.9. The SMILES string of the molecule is Cc1ccc2nc(C)c(C(=O)Nc3cccc(-c4nc(C)cc(=O)[nH]4)c3)cc2c1. The summed E-state index contributed by atoms with van der Waals surface area (Å²) in [7, 11) is 0. The normalized spacial score (nSPS) is 10.9. The molecule has 0 unspecified atom stereocenters. The summed E-state index contributed by atoms with van der Waals surface area (Å²) in [4.78, 5) is 36.3. The first-order valence-corrected chi connectivity index (χ1v) is 9.27. The van der Waals surface area contributed by atoms with E-state index in [2.05, 4.69) is 20.3 Å². The molecule has 0 fully saturated rings. The highest BCUT2D eigenvalue weighted by atomic mass is 16.1. The van der Waals surface area contributed by atoms with E-state index in [0.29, 0.717) is 34.0 Å². The third kappa shape index (κ3) is 3.91. The Morgan fingerprint density at radius 1 is 0.966 bits per heavy atom. The molecule has 4 rings (SSSR count). The van der Waals surface area contributed by atoms with Crippen LogP contribution in [0.1, 0.15) is 27.3 Å². The van der Waals surface area contributed by atoms with Gasteiger partial charge in [0.05, 0.1) is 16.8 Å². The van der Waals surface area contributed by atoms with E-state index in [1.165, 1.54) is 6.07 Å². The number of benzene rings is 2. The van der Waals surface area contributed by atoms with Crippen molar-refractivity contribution in [3.05, 3.63) is 87.5 Å². The molecule has 2 heterocycles. The van der Waals surface area contributed by atoms with E-state index in [0.717, 1.165) is 16.5 Å². The van der Waals surface area contributed by atoms with Crippen LogP contribution in [-0.2, 0) is 0 Å². The van der Waals surface area contributed by atoms with Crippen LogP contribution >= 0.6 is 0 Å². The summed E-state index contributed by atoms with van der Waals surface area (Å²) in [6.45, 7) is 5.60. The number of hydrogen-bond donors (Lipinski definition) is 2. The van der Waals surface area contributed by atoms with Crippen LogP contribution < -0.4 is 10.9 Å². The standard InChI is InChI=1S/C23H20N4O2/c1-13-7-8-20-17(9-13)12-19(15(3)25-20)23(29)26-18-6-4-5-16(11-18)22-24-14(2)10-21(28)27-22/h4-12H,1-3H3,(H,26,29)(H,24,27,28). The van der Waals surface area contributed by atoms with E-state index < -0.39 is 0 Å². The number of aryl methyl sites for hydroxylation is 3. The zero-order chi connectivity index (χ0) is 20.5. The number of amides is 1. The third-order valence-corrected chi connectivity index (χ3v) is 4.67. The van der Waals surface area contributed by atoms with Crippen LogP contribution in [0.5, 0.6) is 0 Å². The fourth-order valence-corrected chi connectivity index (χ4v) is 3.28. The molecule has 0 saturated heterocycles. The number of hydrogen-bond acceptors (Lipinski definition) is 4. The van der Waals surface area contributed by atoms with Crippen molar-refractivity contribution < 1.29 is 4.79 Å². The molecule has 0 atom stereocenters. The largest absolute Gasteiger partial charge is 0.322 e. The van der Waals surface area contributed by atoms with Crippen molar-refractivity contribution in [2.24, 2.45) is 0 Å². The van der Waals surface area contributed by atoms with Crippen LogP contribution in [0.25, 0.3) is 22.3 Å². The van der Waals surface area contributed by atoms with Gasteiger partial charge in [-0.15, -0.1) is 0 Å². The second-order valence-electron chi connectivity index (χ2n) is 7.09. The van der Waals surface area contributed by atoms with Crippen molar-refractivity contribution in [3.8, 4) is 11.4 Å². The average Bonchev–Trinajstić information content (AvgIpc) is 2.67. The number of aromatic amines is 1. The Kier molecular flexibility index (Phi) is 4.68. The summed E-state index contributed by atoms with van der Waals surface area (Å²) in [5.41, 5.74) is 4.91. The van der Waals surface area contributed by atoms with Gasteiger partial charge in [-0.2, -0.15) is 0 Å². The summed E-state index contributed by atoms with van der Waals surface area (Å²) < 4.78 is 0. The molecule has 29 heavy (non-hydrogen) atoms. The topological polar surface area (TPSA) is 87.7 Å². The maximum absolute atomic E-state index is 12.9. The lowest BCUT2D eigenvalue weighted by Crippen LogP contribution is -2.14. The first-order valence-electron chi connectivity index (χ1n) is 9.27. The molecule has 2 aromatic carbocycles. The Morgan fingerprint density at radius 3 is 2.59 bits per heavy atom. The third-order valence-electron chi connectivity index (χ3n) is 4.67. The predicted octanol–water partition coefficient (Wildman–Crippen LogP) is 4.16. The minimum absolute atomic E-state index is 0.213. The van der Waals surface area contributed by atoms with Gasteiger partial charge in [-0.3, -0.25) is 14.6 Å². The Morgan fingerprint density at radius 2 is 1.79 bits per heavy atom. The van der Waals surface area contributed by atoms with Gasteiger partial charge in [-0.25, -0.2) is 4.98 Å². The van der Waals surface area contributed by atoms with Gasteiger partial charge in [0.15, 0.2) is 0 Å². The number of carbonyl (C=O) groups is 1. The summed E-state index contributed by atoms with van der Waals surface area (Å²) in [5, 5.41) is 3.85. The van der Waals surface area contributed by atoms with Gasteiger partial charge in [0.25, 0.3) is 11.5 Å². The zero-order valence-electron chi connectivity index (χ0n) is 16.4. The zero-order valence-corrected chi connectivity index (χ0v) is 16.4. The van der Waals surface area contributed by atoms with Gasteiger partial charge in [0, 0.05) is 28.4 Å². The van der Waals surface area contributed by atoms with E-state index in [9.17, 15) is 9.59 Å². The Labute approximate surface area is 167 Å². The Balaban J connectivity index is 1.66. The van der Waals surface area contributed by atoms with Gasteiger partial charge in [-0.05, 0) is 51.1 Å². The van der Waals surface area contributed by atoms with Gasteiger partial charge in [-0.1, -0.05) is 23.8 Å². The lowest BCUT2D eigenvalue weighted by atomic mass is 10.1. The molecule has 0 aliphatic rings. The predicted molar refractivity (Wildman–Crippen MR) is 114 cm³/mol. The number of pyridine rings is 1. The number of aromatic nitrogens is 3. The number of nitrogens with zero attached hydrogens (tertiary/aromatic N) is 2. The van der Waals surface area contributed by atoms with E-state index in [-0.39, 0.29) is 11.5 Å². The van der Waals surface area contributed by atoms with Crippen molar-refractivity contribution in [3.63, 3.8) is 0 Å². The summed E-state index contributed by atoms with van der Waals surface area (Å²) in [6, 6.07) is 16.5. The average molecular weight is 384 g/mol. The van der Waals surface area contributed by atoms with Crippen molar-refractivity contribution in [1.82, 2.24) is 15.0 Å². The molecule has 6 nitrogen and oxygen atoms in total. The van der Waals surface area contributed by atoms with Crippen LogP contribution in [0.15, 0.2) is 59.4 Å². The summed E-state index contributed by atoms with van der Waals surface area (Å²) in [6.07, 6.45) is 0. The molecule has 2 aromatic heterocycles. The first-order chi connectivity index (χ1) is 13.9. The Hall–Kier alpha value is -3.80. The van der Waals surface area contributed by atoms with E-state index in [1.54, 1.807) is 19.1 Å². The Bertz CT molecular complexity index is 1310. The molecule has 2 N–H and O–H groups in total. The molecule has 0 aliphatic heterocycles. The summed E-state index contributed by atoms with van der Waals surface area (Å²) in [5.74, 6) is 0.228. The molecule has 0 bridgehead atoms. The molecule has 0 spiro atoms. The fourth-order valence-electron chi connectivity index (χ4n) is 3.28. The molecule has 0 aliphatic carbocycles. The smallest absolute Gasteiger partial charge is 0.257 e.